The highest BCUT2D eigenvalue weighted by Crippen LogP contribution is 2.46. The molecule has 5 heteroatoms. The van der Waals surface area contributed by atoms with Crippen molar-refractivity contribution in [3.05, 3.63) is 77.9 Å². The first-order valence-electron chi connectivity index (χ1n) is 9.69. The number of hydrogen-bond donors (Lipinski definition) is 1. The average Bonchev–Trinajstić information content (AvgIpc) is 2.95. The maximum absolute atomic E-state index is 10.6. The molecule has 1 N–H and O–H groups in total. The Kier molecular flexibility index (Phi) is 5.86. The maximum Gasteiger partial charge on any atom is 0.162 e. The molecular formula is C24H25NO3S. The van der Waals surface area contributed by atoms with E-state index in [4.69, 9.17) is 9.47 Å². The Morgan fingerprint density at radius 3 is 2.66 bits per heavy atom. The van der Waals surface area contributed by atoms with Crippen LogP contribution in [-0.4, -0.2) is 25.9 Å². The second-order valence-corrected chi connectivity index (χ2v) is 8.27. The van der Waals surface area contributed by atoms with Gasteiger partial charge in [0.15, 0.2) is 11.5 Å². The van der Waals surface area contributed by atoms with E-state index in [0.717, 1.165) is 24.3 Å². The van der Waals surface area contributed by atoms with Crippen molar-refractivity contribution in [2.45, 2.75) is 23.1 Å². The number of methoxy groups -OCH3 is 2. The van der Waals surface area contributed by atoms with Crippen molar-refractivity contribution < 1.29 is 14.6 Å². The third-order valence-corrected chi connectivity index (χ3v) is 6.66. The predicted molar refractivity (Wildman–Crippen MR) is 118 cm³/mol. The number of hydrogen-bond acceptors (Lipinski definition) is 5. The first-order valence-corrected chi connectivity index (χ1v) is 10.6. The van der Waals surface area contributed by atoms with E-state index in [1.165, 1.54) is 16.1 Å². The first-order chi connectivity index (χ1) is 14.2. The Balaban J connectivity index is 1.64. The number of nitrogens with zero attached hydrogens (tertiary/aromatic N) is 1. The highest BCUT2D eigenvalue weighted by atomic mass is 32.2. The van der Waals surface area contributed by atoms with Gasteiger partial charge in [0.2, 0.25) is 0 Å². The maximum atomic E-state index is 10.6. The number of anilines is 1. The molecule has 0 amide bonds. The van der Waals surface area contributed by atoms with E-state index < -0.39 is 0 Å². The lowest BCUT2D eigenvalue weighted by Gasteiger charge is -2.25. The summed E-state index contributed by atoms with van der Waals surface area (Å²) in [5, 5.41) is 10.9. The van der Waals surface area contributed by atoms with E-state index in [2.05, 4.69) is 47.4 Å². The van der Waals surface area contributed by atoms with Gasteiger partial charge in [0.1, 0.15) is 5.75 Å². The number of thioether (sulfide) groups is 1. The molecule has 0 unspecified atom stereocenters. The minimum atomic E-state index is 0.216. The zero-order valence-electron chi connectivity index (χ0n) is 16.7. The summed E-state index contributed by atoms with van der Waals surface area (Å²) in [7, 11) is 3.28. The number of ether oxygens (including phenoxy) is 2. The lowest BCUT2D eigenvalue weighted by molar-refractivity contribution is 0.370. The number of aromatic hydroxyl groups is 1. The molecule has 3 aromatic carbocycles. The number of fused-ring (bicyclic) bond motifs is 1. The van der Waals surface area contributed by atoms with Gasteiger partial charge in [-0.15, -0.1) is 11.8 Å². The monoisotopic (exact) mass is 407 g/mol. The number of phenols is 1. The van der Waals surface area contributed by atoms with Gasteiger partial charge < -0.3 is 19.5 Å². The average molecular weight is 408 g/mol. The van der Waals surface area contributed by atoms with Crippen molar-refractivity contribution in [1.82, 2.24) is 0 Å². The number of benzene rings is 3. The topological polar surface area (TPSA) is 41.9 Å². The predicted octanol–water partition coefficient (Wildman–Crippen LogP) is 5.65. The van der Waals surface area contributed by atoms with Gasteiger partial charge in [-0.3, -0.25) is 0 Å². The minimum absolute atomic E-state index is 0.216. The van der Waals surface area contributed by atoms with Gasteiger partial charge in [-0.1, -0.05) is 36.4 Å². The summed E-state index contributed by atoms with van der Waals surface area (Å²) in [6.45, 7) is 1.52. The van der Waals surface area contributed by atoms with E-state index in [1.807, 2.05) is 30.0 Å². The summed E-state index contributed by atoms with van der Waals surface area (Å²) in [5.74, 6) is 1.61. The summed E-state index contributed by atoms with van der Waals surface area (Å²) in [6.07, 6.45) is 0.997. The fourth-order valence-electron chi connectivity index (χ4n) is 3.73. The summed E-state index contributed by atoms with van der Waals surface area (Å²) in [5.41, 5.74) is 3.34. The third kappa shape index (κ3) is 4.15. The van der Waals surface area contributed by atoms with Crippen molar-refractivity contribution in [3.63, 3.8) is 0 Å². The van der Waals surface area contributed by atoms with Gasteiger partial charge in [0.05, 0.1) is 19.9 Å². The van der Waals surface area contributed by atoms with Crippen LogP contribution in [0.2, 0.25) is 0 Å². The molecule has 29 heavy (non-hydrogen) atoms. The molecule has 0 aliphatic carbocycles. The SMILES string of the molecule is COc1cccc([C@H]2CCN(Cc3cccc(OC)c3O)c3ccccc3S2)c1. The molecule has 3 aromatic rings. The second-order valence-electron chi connectivity index (χ2n) is 7.03. The van der Waals surface area contributed by atoms with Crippen LogP contribution in [0.3, 0.4) is 0 Å². The molecule has 0 spiro atoms. The number of rotatable bonds is 5. The molecule has 0 radical (unpaired) electrons. The molecule has 4 nitrogen and oxygen atoms in total. The van der Waals surface area contributed by atoms with Gasteiger partial charge in [-0.2, -0.15) is 0 Å². The normalized spacial score (nSPS) is 16.1. The molecule has 1 aliphatic rings. The Hall–Kier alpha value is -2.79. The van der Waals surface area contributed by atoms with Crippen LogP contribution in [-0.2, 0) is 6.54 Å². The van der Waals surface area contributed by atoms with Crippen molar-refractivity contribution in [2.75, 3.05) is 25.7 Å². The molecule has 0 saturated heterocycles. The lowest BCUT2D eigenvalue weighted by atomic mass is 10.1. The van der Waals surface area contributed by atoms with E-state index in [1.54, 1.807) is 20.3 Å². The lowest BCUT2D eigenvalue weighted by Crippen LogP contribution is -2.24. The van der Waals surface area contributed by atoms with Gasteiger partial charge in [0, 0.05) is 28.8 Å². The van der Waals surface area contributed by atoms with E-state index >= 15 is 0 Å². The third-order valence-electron chi connectivity index (χ3n) is 5.27. The van der Waals surface area contributed by atoms with Crippen LogP contribution in [0.15, 0.2) is 71.6 Å². The van der Waals surface area contributed by atoms with E-state index in [-0.39, 0.29) is 5.75 Å². The van der Waals surface area contributed by atoms with Crippen molar-refractivity contribution in [3.8, 4) is 17.2 Å². The van der Waals surface area contributed by atoms with Gasteiger partial charge in [0.25, 0.3) is 0 Å². The van der Waals surface area contributed by atoms with Crippen molar-refractivity contribution in [2.24, 2.45) is 0 Å². The Morgan fingerprint density at radius 2 is 1.83 bits per heavy atom. The van der Waals surface area contributed by atoms with Gasteiger partial charge in [-0.05, 0) is 42.3 Å². The van der Waals surface area contributed by atoms with Gasteiger partial charge >= 0.3 is 0 Å². The van der Waals surface area contributed by atoms with E-state index in [0.29, 0.717) is 17.5 Å². The largest absolute Gasteiger partial charge is 0.504 e. The van der Waals surface area contributed by atoms with Crippen LogP contribution < -0.4 is 14.4 Å². The molecule has 0 aromatic heterocycles. The Bertz CT molecular complexity index is 991. The van der Waals surface area contributed by atoms with Crippen LogP contribution >= 0.6 is 11.8 Å². The molecule has 0 bridgehead atoms. The zero-order valence-corrected chi connectivity index (χ0v) is 17.5. The summed E-state index contributed by atoms with van der Waals surface area (Å²) >= 11 is 1.89. The second kappa shape index (κ2) is 8.70. The highest BCUT2D eigenvalue weighted by molar-refractivity contribution is 7.99. The minimum Gasteiger partial charge on any atom is -0.504 e. The van der Waals surface area contributed by atoms with Crippen molar-refractivity contribution in [1.29, 1.82) is 0 Å². The molecule has 150 valence electrons. The smallest absolute Gasteiger partial charge is 0.162 e. The Morgan fingerprint density at radius 1 is 1.00 bits per heavy atom. The van der Waals surface area contributed by atoms with Crippen LogP contribution in [0.1, 0.15) is 22.8 Å². The van der Waals surface area contributed by atoms with Crippen LogP contribution in [0.4, 0.5) is 5.69 Å². The quantitative estimate of drug-likeness (QED) is 0.592. The molecule has 1 aliphatic heterocycles. The molecule has 0 fully saturated rings. The number of phenolic OH excluding ortho intramolecular Hbond substituents is 1. The van der Waals surface area contributed by atoms with Crippen molar-refractivity contribution >= 4 is 17.4 Å². The highest BCUT2D eigenvalue weighted by Gasteiger charge is 2.24. The van der Waals surface area contributed by atoms with Crippen LogP contribution in [0.5, 0.6) is 17.2 Å². The fraction of sp³-hybridized carbons (Fsp3) is 0.250. The molecule has 0 saturated carbocycles. The van der Waals surface area contributed by atoms with E-state index in [9.17, 15) is 5.11 Å². The number of para-hydroxylation sites is 2. The van der Waals surface area contributed by atoms with Crippen LogP contribution in [0, 0.1) is 0 Å². The zero-order chi connectivity index (χ0) is 20.2. The first kappa shape index (κ1) is 19.5. The van der Waals surface area contributed by atoms with Gasteiger partial charge in [-0.25, -0.2) is 0 Å². The standard InChI is InChI=1S/C24H25NO3S/c1-27-19-9-5-7-17(15-19)22-13-14-25(20-10-3-4-12-23(20)29-22)16-18-8-6-11-21(28-2)24(18)26/h3-12,15,22,26H,13-14,16H2,1-2H3/t22-/m1/s1. The van der Waals surface area contributed by atoms with Crippen LogP contribution in [0.25, 0.3) is 0 Å². The molecule has 1 heterocycles. The summed E-state index contributed by atoms with van der Waals surface area (Å²) in [4.78, 5) is 3.59. The fourth-order valence-corrected chi connectivity index (χ4v) is 5.02. The summed E-state index contributed by atoms with van der Waals surface area (Å²) in [6, 6.07) is 22.5. The Labute approximate surface area is 176 Å². The molecule has 4 rings (SSSR count). The summed E-state index contributed by atoms with van der Waals surface area (Å²) < 4.78 is 10.7. The molecule has 1 atom stereocenters. The molecular weight excluding hydrogens is 382 g/mol.